The highest BCUT2D eigenvalue weighted by molar-refractivity contribution is 9.10. The minimum Gasteiger partial charge on any atom is -0.493 e. The van der Waals surface area contributed by atoms with Crippen LogP contribution < -0.4 is 10.5 Å². The first kappa shape index (κ1) is 13.5. The number of benzene rings is 1. The fraction of sp³-hybridized carbons (Fsp3) is 0.538. The van der Waals surface area contributed by atoms with Crippen molar-refractivity contribution in [3.8, 4) is 5.75 Å². The van der Waals surface area contributed by atoms with Gasteiger partial charge in [-0.1, -0.05) is 29.8 Å². The van der Waals surface area contributed by atoms with Gasteiger partial charge >= 0.3 is 0 Å². The van der Waals surface area contributed by atoms with Crippen LogP contribution in [0, 0.1) is 19.3 Å². The molecule has 0 aromatic heterocycles. The molecule has 1 aromatic carbocycles. The van der Waals surface area contributed by atoms with Crippen LogP contribution in [0.4, 0.5) is 0 Å². The smallest absolute Gasteiger partial charge is 0.119 e. The molecule has 0 saturated carbocycles. The van der Waals surface area contributed by atoms with Gasteiger partial charge in [-0.3, -0.25) is 0 Å². The summed E-state index contributed by atoms with van der Waals surface area (Å²) in [6, 6.07) is 4.09. The lowest BCUT2D eigenvalue weighted by Crippen LogP contribution is -2.30. The maximum absolute atomic E-state index is 5.78. The van der Waals surface area contributed by atoms with Gasteiger partial charge in [0.15, 0.2) is 0 Å². The molecule has 0 aliphatic rings. The van der Waals surface area contributed by atoms with Gasteiger partial charge in [0.1, 0.15) is 5.75 Å². The predicted molar refractivity (Wildman–Crippen MR) is 71.9 cm³/mol. The molecule has 0 amide bonds. The second-order valence-corrected chi connectivity index (χ2v) is 5.82. The van der Waals surface area contributed by atoms with Crippen molar-refractivity contribution in [3.05, 3.63) is 27.7 Å². The van der Waals surface area contributed by atoms with Gasteiger partial charge in [-0.05, 0) is 37.1 Å². The second-order valence-electron chi connectivity index (χ2n) is 5.03. The molecule has 90 valence electrons. The molecule has 0 saturated heterocycles. The van der Waals surface area contributed by atoms with Crippen LogP contribution in [0.2, 0.25) is 0 Å². The van der Waals surface area contributed by atoms with E-state index in [1.807, 2.05) is 12.1 Å². The van der Waals surface area contributed by atoms with Gasteiger partial charge in [0, 0.05) is 16.4 Å². The second kappa shape index (κ2) is 5.19. The highest BCUT2D eigenvalue weighted by atomic mass is 79.9. The van der Waals surface area contributed by atoms with Gasteiger partial charge in [0.25, 0.3) is 0 Å². The number of halogens is 1. The monoisotopic (exact) mass is 285 g/mol. The fourth-order valence-corrected chi connectivity index (χ4v) is 1.56. The number of hydrogen-bond acceptors (Lipinski definition) is 2. The molecule has 0 spiro atoms. The highest BCUT2D eigenvalue weighted by Crippen LogP contribution is 2.27. The number of ether oxygens (including phenoxy) is 1. The maximum atomic E-state index is 5.78. The maximum Gasteiger partial charge on any atom is 0.119 e. The Bertz CT molecular complexity index is 351. The van der Waals surface area contributed by atoms with Gasteiger partial charge in [-0.15, -0.1) is 0 Å². The van der Waals surface area contributed by atoms with E-state index in [-0.39, 0.29) is 5.41 Å². The third kappa shape index (κ3) is 3.49. The van der Waals surface area contributed by atoms with Crippen molar-refractivity contribution in [2.75, 3.05) is 13.2 Å². The van der Waals surface area contributed by atoms with E-state index in [1.54, 1.807) is 0 Å². The summed E-state index contributed by atoms with van der Waals surface area (Å²) in [5.74, 6) is 0.916. The number of nitrogens with two attached hydrogens (primary N) is 1. The van der Waals surface area contributed by atoms with Crippen molar-refractivity contribution >= 4 is 15.9 Å². The van der Waals surface area contributed by atoms with Crippen molar-refractivity contribution in [3.63, 3.8) is 0 Å². The van der Waals surface area contributed by atoms with Gasteiger partial charge in [0.05, 0.1) is 6.61 Å². The first-order valence-electron chi connectivity index (χ1n) is 5.45. The van der Waals surface area contributed by atoms with E-state index in [0.717, 1.165) is 10.2 Å². The number of rotatable bonds is 4. The molecule has 3 heteroatoms. The van der Waals surface area contributed by atoms with Gasteiger partial charge < -0.3 is 10.5 Å². The van der Waals surface area contributed by atoms with Crippen LogP contribution in [-0.2, 0) is 0 Å². The highest BCUT2D eigenvalue weighted by Gasteiger charge is 2.16. The number of aryl methyl sites for hydroxylation is 2. The zero-order valence-corrected chi connectivity index (χ0v) is 12.0. The Morgan fingerprint density at radius 3 is 2.19 bits per heavy atom. The molecule has 1 rings (SSSR count). The van der Waals surface area contributed by atoms with Crippen LogP contribution in [0.1, 0.15) is 25.0 Å². The Labute approximate surface area is 106 Å². The third-order valence-corrected chi connectivity index (χ3v) is 3.84. The van der Waals surface area contributed by atoms with Crippen LogP contribution in [0.25, 0.3) is 0 Å². The van der Waals surface area contributed by atoms with E-state index >= 15 is 0 Å². The minimum absolute atomic E-state index is 0.0227. The third-order valence-electron chi connectivity index (χ3n) is 2.59. The summed E-state index contributed by atoms with van der Waals surface area (Å²) in [6.45, 7) is 9.61. The summed E-state index contributed by atoms with van der Waals surface area (Å²) in [5, 5.41) is 0. The molecule has 0 radical (unpaired) electrons. The lowest BCUT2D eigenvalue weighted by molar-refractivity contribution is 0.187. The van der Waals surface area contributed by atoms with Crippen molar-refractivity contribution < 1.29 is 4.74 Å². The van der Waals surface area contributed by atoms with Gasteiger partial charge in [-0.2, -0.15) is 0 Å². The molecule has 0 bridgehead atoms. The standard InChI is InChI=1S/C13H20BrNO/c1-9-5-11(6-10(2)12(9)14)16-8-13(3,4)7-15/h5-6H,7-8,15H2,1-4H3. The summed E-state index contributed by atoms with van der Waals surface area (Å²) in [5.41, 5.74) is 8.08. The van der Waals surface area contributed by atoms with Crippen LogP contribution in [0.15, 0.2) is 16.6 Å². The summed E-state index contributed by atoms with van der Waals surface area (Å²) in [7, 11) is 0. The lowest BCUT2D eigenvalue weighted by Gasteiger charge is -2.22. The molecule has 0 aliphatic carbocycles. The Hall–Kier alpha value is -0.540. The first-order valence-corrected chi connectivity index (χ1v) is 6.24. The van der Waals surface area contributed by atoms with Gasteiger partial charge in [-0.25, -0.2) is 0 Å². The Balaban J connectivity index is 2.76. The lowest BCUT2D eigenvalue weighted by atomic mass is 9.95. The Morgan fingerprint density at radius 1 is 1.25 bits per heavy atom. The largest absolute Gasteiger partial charge is 0.493 e. The zero-order chi connectivity index (χ0) is 12.3. The topological polar surface area (TPSA) is 35.2 Å². The molecule has 2 N–H and O–H groups in total. The molecule has 0 unspecified atom stereocenters. The quantitative estimate of drug-likeness (QED) is 0.920. The van der Waals surface area contributed by atoms with Crippen LogP contribution in [0.5, 0.6) is 5.75 Å². The van der Waals surface area contributed by atoms with E-state index in [9.17, 15) is 0 Å². The minimum atomic E-state index is 0.0227. The number of hydrogen-bond donors (Lipinski definition) is 1. The molecule has 0 atom stereocenters. The van der Waals surface area contributed by atoms with E-state index in [1.165, 1.54) is 11.1 Å². The average Bonchev–Trinajstić information content (AvgIpc) is 2.23. The fourth-order valence-electron chi connectivity index (χ4n) is 1.33. The van der Waals surface area contributed by atoms with Crippen LogP contribution in [0.3, 0.4) is 0 Å². The first-order chi connectivity index (χ1) is 7.35. The average molecular weight is 286 g/mol. The molecular weight excluding hydrogens is 266 g/mol. The molecule has 0 fully saturated rings. The summed E-state index contributed by atoms with van der Waals surface area (Å²) >= 11 is 3.54. The molecule has 0 aliphatic heterocycles. The van der Waals surface area contributed by atoms with Gasteiger partial charge in [0.2, 0.25) is 0 Å². The molecule has 2 nitrogen and oxygen atoms in total. The Kier molecular flexibility index (Phi) is 4.39. The van der Waals surface area contributed by atoms with Crippen molar-refractivity contribution in [1.29, 1.82) is 0 Å². The van der Waals surface area contributed by atoms with Crippen LogP contribution >= 0.6 is 15.9 Å². The van der Waals surface area contributed by atoms with Crippen molar-refractivity contribution in [2.24, 2.45) is 11.1 Å². The SMILES string of the molecule is Cc1cc(OCC(C)(C)CN)cc(C)c1Br. The van der Waals surface area contributed by atoms with E-state index in [0.29, 0.717) is 13.2 Å². The zero-order valence-electron chi connectivity index (χ0n) is 10.4. The van der Waals surface area contributed by atoms with E-state index in [2.05, 4.69) is 43.6 Å². The summed E-state index contributed by atoms with van der Waals surface area (Å²) in [4.78, 5) is 0. The molecule has 16 heavy (non-hydrogen) atoms. The summed E-state index contributed by atoms with van der Waals surface area (Å²) in [6.07, 6.45) is 0. The predicted octanol–water partition coefficient (Wildman–Crippen LogP) is 3.43. The molecular formula is C13H20BrNO. The van der Waals surface area contributed by atoms with Crippen molar-refractivity contribution in [1.82, 2.24) is 0 Å². The van der Waals surface area contributed by atoms with Crippen LogP contribution in [-0.4, -0.2) is 13.2 Å². The van der Waals surface area contributed by atoms with E-state index < -0.39 is 0 Å². The van der Waals surface area contributed by atoms with Crippen molar-refractivity contribution in [2.45, 2.75) is 27.7 Å². The normalized spacial score (nSPS) is 11.6. The molecule has 1 aromatic rings. The Morgan fingerprint density at radius 2 is 1.75 bits per heavy atom. The van der Waals surface area contributed by atoms with E-state index in [4.69, 9.17) is 10.5 Å². The summed E-state index contributed by atoms with van der Waals surface area (Å²) < 4.78 is 6.93. The molecule has 0 heterocycles.